The number of aromatic hydroxyl groups is 2. The molecule has 0 saturated carbocycles. The first-order valence-electron chi connectivity index (χ1n) is 12.6. The van der Waals surface area contributed by atoms with Crippen LogP contribution in [0, 0.1) is 6.92 Å². The Hall–Kier alpha value is -3.53. The first kappa shape index (κ1) is 25.1. The van der Waals surface area contributed by atoms with Gasteiger partial charge in [-0.15, -0.1) is 0 Å². The number of rotatable bonds is 8. The number of nitrogens with zero attached hydrogens (tertiary/aromatic N) is 3. The van der Waals surface area contributed by atoms with Crippen LogP contribution >= 0.6 is 0 Å². The van der Waals surface area contributed by atoms with Crippen LogP contribution in [0.1, 0.15) is 28.0 Å². The fourth-order valence-corrected chi connectivity index (χ4v) is 5.32. The number of benzene rings is 2. The van der Waals surface area contributed by atoms with Gasteiger partial charge in [-0.2, -0.15) is 0 Å². The molecule has 0 radical (unpaired) electrons. The summed E-state index contributed by atoms with van der Waals surface area (Å²) in [6, 6.07) is 8.39. The number of hydrogen-bond acceptors (Lipinski definition) is 8. The van der Waals surface area contributed by atoms with Crippen molar-refractivity contribution in [2.75, 3.05) is 53.0 Å². The van der Waals surface area contributed by atoms with Crippen LogP contribution in [0.25, 0.3) is 17.0 Å². The second-order valence-electron chi connectivity index (χ2n) is 9.57. The number of aryl methyl sites for hydroxylation is 1. The maximum atomic E-state index is 13.0. The van der Waals surface area contributed by atoms with E-state index in [1.165, 1.54) is 6.07 Å². The third-order valence-electron chi connectivity index (χ3n) is 7.33. The molecule has 2 aromatic carbocycles. The van der Waals surface area contributed by atoms with Gasteiger partial charge in [0.15, 0.2) is 5.76 Å². The van der Waals surface area contributed by atoms with Gasteiger partial charge in [0.05, 0.1) is 13.7 Å². The van der Waals surface area contributed by atoms with Gasteiger partial charge in [0.1, 0.15) is 28.6 Å². The maximum Gasteiger partial charge on any atom is 0.235 e. The van der Waals surface area contributed by atoms with Gasteiger partial charge >= 0.3 is 0 Å². The maximum absolute atomic E-state index is 13.0. The van der Waals surface area contributed by atoms with Gasteiger partial charge in [0.2, 0.25) is 5.78 Å². The molecule has 0 atom stereocenters. The van der Waals surface area contributed by atoms with Crippen molar-refractivity contribution in [3.05, 3.63) is 52.9 Å². The number of aliphatic hydroxyl groups is 1. The largest absolute Gasteiger partial charge is 0.508 e. The summed E-state index contributed by atoms with van der Waals surface area (Å²) in [5, 5.41) is 30.1. The van der Waals surface area contributed by atoms with E-state index in [-0.39, 0.29) is 35.2 Å². The van der Waals surface area contributed by atoms with Crippen molar-refractivity contribution >= 4 is 22.8 Å². The quantitative estimate of drug-likeness (QED) is 0.400. The Balaban J connectivity index is 1.40. The Kier molecular flexibility index (Phi) is 7.10. The van der Waals surface area contributed by atoms with Crippen molar-refractivity contribution in [2.45, 2.75) is 19.9 Å². The number of carbonyl (C=O) groups excluding carboxylic acids is 1. The molecular formula is C28H33N3O6. The Bertz CT molecular complexity index is 1350. The van der Waals surface area contributed by atoms with Crippen molar-refractivity contribution < 1.29 is 29.6 Å². The van der Waals surface area contributed by atoms with Crippen LogP contribution < -0.4 is 9.47 Å². The number of fused-ring (bicyclic) bond motifs is 2. The van der Waals surface area contributed by atoms with Crippen molar-refractivity contribution in [3.8, 4) is 23.0 Å². The highest BCUT2D eigenvalue weighted by molar-refractivity contribution is 6.17. The molecule has 5 rings (SSSR count). The lowest BCUT2D eigenvalue weighted by atomic mass is 10.1. The summed E-state index contributed by atoms with van der Waals surface area (Å²) >= 11 is 0. The second-order valence-corrected chi connectivity index (χ2v) is 9.57. The van der Waals surface area contributed by atoms with Crippen molar-refractivity contribution in [2.24, 2.45) is 0 Å². The van der Waals surface area contributed by atoms with Crippen LogP contribution in [0.3, 0.4) is 0 Å². The number of aliphatic hydroxyl groups excluding tert-OH is 1. The van der Waals surface area contributed by atoms with Crippen LogP contribution in [-0.2, 0) is 6.54 Å². The van der Waals surface area contributed by atoms with Gasteiger partial charge in [0.25, 0.3) is 0 Å². The summed E-state index contributed by atoms with van der Waals surface area (Å²) in [5.74, 6) is 0.0677. The monoisotopic (exact) mass is 507 g/mol. The smallest absolute Gasteiger partial charge is 0.235 e. The number of methoxy groups -OCH3 is 1. The average Bonchev–Trinajstić information content (AvgIpc) is 3.33. The number of allylic oxidation sites excluding steroid dienone is 1. The average molecular weight is 508 g/mol. The van der Waals surface area contributed by atoms with Crippen LogP contribution in [0.4, 0.5) is 0 Å². The van der Waals surface area contributed by atoms with Gasteiger partial charge in [-0.05, 0) is 44.2 Å². The molecule has 37 heavy (non-hydrogen) atoms. The Morgan fingerprint density at radius 2 is 1.76 bits per heavy atom. The molecular weight excluding hydrogens is 474 g/mol. The van der Waals surface area contributed by atoms with Crippen LogP contribution in [0.2, 0.25) is 0 Å². The minimum atomic E-state index is -0.420. The number of Topliss-reactive ketones (excluding diaryl/α,β-unsaturated/α-hetero) is 1. The molecule has 0 aliphatic carbocycles. The highest BCUT2D eigenvalue weighted by Crippen LogP contribution is 2.41. The van der Waals surface area contributed by atoms with E-state index in [9.17, 15) is 15.0 Å². The highest BCUT2D eigenvalue weighted by Gasteiger charge is 2.32. The number of β-amino-alcohol motifs (C(OH)–C–C–N with tert-alkyl or cyclic N) is 1. The fraction of sp³-hybridized carbons (Fsp3) is 0.393. The van der Waals surface area contributed by atoms with Crippen molar-refractivity contribution in [1.82, 2.24) is 14.4 Å². The predicted molar refractivity (Wildman–Crippen MR) is 141 cm³/mol. The minimum absolute atomic E-state index is 0.0575. The van der Waals surface area contributed by atoms with Gasteiger partial charge in [0, 0.05) is 73.6 Å². The molecule has 3 aromatic rings. The zero-order chi connectivity index (χ0) is 26.1. The number of phenolic OH excluding ortho intramolecular Hbond substituents is 2. The molecule has 2 aliphatic rings. The molecule has 1 saturated heterocycles. The van der Waals surface area contributed by atoms with Gasteiger partial charge in [-0.1, -0.05) is 0 Å². The number of carbonyl (C=O) groups is 1. The van der Waals surface area contributed by atoms with E-state index in [0.29, 0.717) is 0 Å². The Labute approximate surface area is 215 Å². The van der Waals surface area contributed by atoms with Gasteiger partial charge in [-0.3, -0.25) is 9.69 Å². The van der Waals surface area contributed by atoms with Crippen LogP contribution in [0.5, 0.6) is 23.0 Å². The third kappa shape index (κ3) is 4.90. The number of aromatic nitrogens is 1. The van der Waals surface area contributed by atoms with Crippen molar-refractivity contribution in [3.63, 3.8) is 0 Å². The van der Waals surface area contributed by atoms with E-state index in [2.05, 4.69) is 14.4 Å². The summed E-state index contributed by atoms with van der Waals surface area (Å²) in [6.07, 6.45) is 2.69. The standard InChI is InChI=1S/C28H33N3O6/c1-18-21(17-26-28(35)27-24(34)14-19(33)15-25(27)37-26)22-16-20(36-2)4-5-23(22)31(18)7-3-6-29-8-10-30(11-9-29)12-13-32/h4-5,14-17,32-34H,3,6-13H2,1-2H3/b26-17-. The second kappa shape index (κ2) is 10.5. The lowest BCUT2D eigenvalue weighted by Crippen LogP contribution is -2.47. The molecule has 0 spiro atoms. The first-order chi connectivity index (χ1) is 17.9. The number of hydrogen-bond donors (Lipinski definition) is 3. The Morgan fingerprint density at radius 3 is 2.46 bits per heavy atom. The molecule has 2 aliphatic heterocycles. The fourth-order valence-electron chi connectivity index (χ4n) is 5.32. The zero-order valence-electron chi connectivity index (χ0n) is 21.2. The highest BCUT2D eigenvalue weighted by atomic mass is 16.5. The molecule has 9 heteroatoms. The SMILES string of the molecule is COc1ccc2c(c1)c(/C=C1\Oc3cc(O)cc(O)c3C1=O)c(C)n2CCCN1CCN(CCO)CC1. The molecule has 3 heterocycles. The number of phenols is 2. The van der Waals surface area contributed by atoms with Gasteiger partial charge < -0.3 is 34.3 Å². The molecule has 0 unspecified atom stereocenters. The van der Waals surface area contributed by atoms with Crippen LogP contribution in [-0.4, -0.2) is 88.5 Å². The molecule has 0 bridgehead atoms. The number of ketones is 1. The van der Waals surface area contributed by atoms with Crippen LogP contribution in [0.15, 0.2) is 36.1 Å². The van der Waals surface area contributed by atoms with E-state index >= 15 is 0 Å². The topological polar surface area (TPSA) is 108 Å². The summed E-state index contributed by atoms with van der Waals surface area (Å²) in [5.41, 5.74) is 2.96. The number of ether oxygens (including phenoxy) is 2. The Morgan fingerprint density at radius 1 is 1.03 bits per heavy atom. The molecule has 1 aromatic heterocycles. The van der Waals surface area contributed by atoms with Gasteiger partial charge in [-0.25, -0.2) is 0 Å². The summed E-state index contributed by atoms with van der Waals surface area (Å²) < 4.78 is 13.5. The molecule has 1 fully saturated rings. The minimum Gasteiger partial charge on any atom is -0.508 e. The lowest BCUT2D eigenvalue weighted by Gasteiger charge is -2.34. The van der Waals surface area contributed by atoms with E-state index in [1.54, 1.807) is 13.2 Å². The third-order valence-corrected chi connectivity index (χ3v) is 7.33. The lowest BCUT2D eigenvalue weighted by molar-refractivity contribution is 0.101. The summed E-state index contributed by atoms with van der Waals surface area (Å²) in [7, 11) is 1.62. The summed E-state index contributed by atoms with van der Waals surface area (Å²) in [4.78, 5) is 17.8. The molecule has 196 valence electrons. The molecule has 9 nitrogen and oxygen atoms in total. The number of piperazine rings is 1. The first-order valence-corrected chi connectivity index (χ1v) is 12.6. The zero-order valence-corrected chi connectivity index (χ0v) is 21.2. The molecule has 0 amide bonds. The normalized spacial score (nSPS) is 17.5. The van der Waals surface area contributed by atoms with Crippen molar-refractivity contribution in [1.29, 1.82) is 0 Å². The molecule has 3 N–H and O–H groups in total. The van der Waals surface area contributed by atoms with E-state index in [1.807, 2.05) is 25.1 Å². The summed E-state index contributed by atoms with van der Waals surface area (Å²) in [6.45, 7) is 8.74. The van der Waals surface area contributed by atoms with E-state index in [0.717, 1.165) is 86.2 Å². The van der Waals surface area contributed by atoms with E-state index in [4.69, 9.17) is 14.6 Å². The predicted octanol–water partition coefficient (Wildman–Crippen LogP) is 2.99. The van der Waals surface area contributed by atoms with E-state index < -0.39 is 5.78 Å².